The first-order valence-electron chi connectivity index (χ1n) is 10.7. The van der Waals surface area contributed by atoms with E-state index >= 15 is 0 Å². The van der Waals surface area contributed by atoms with Gasteiger partial charge >= 0.3 is 12.2 Å². The van der Waals surface area contributed by atoms with Gasteiger partial charge in [0.05, 0.1) is 17.6 Å². The SMILES string of the molecule is CN(C)C(=O)Oc1ccc(C(CCOc2ccc([N+](=O)[O-])cc2)N(C)C(=O)OC(C)(C)C)cc1. The van der Waals surface area contributed by atoms with Crippen LogP contribution in [0.1, 0.15) is 38.8 Å². The van der Waals surface area contributed by atoms with Crippen LogP contribution in [0.4, 0.5) is 15.3 Å². The van der Waals surface area contributed by atoms with Crippen LogP contribution in [0.2, 0.25) is 0 Å². The Bertz CT molecular complexity index is 983. The minimum atomic E-state index is -0.657. The molecule has 0 fully saturated rings. The van der Waals surface area contributed by atoms with Crippen molar-refractivity contribution in [1.29, 1.82) is 0 Å². The van der Waals surface area contributed by atoms with Gasteiger partial charge < -0.3 is 24.0 Å². The highest BCUT2D eigenvalue weighted by molar-refractivity contribution is 5.70. The van der Waals surface area contributed by atoms with Crippen molar-refractivity contribution in [2.45, 2.75) is 38.8 Å². The van der Waals surface area contributed by atoms with Crippen molar-refractivity contribution < 1.29 is 28.7 Å². The van der Waals surface area contributed by atoms with Gasteiger partial charge in [-0.2, -0.15) is 0 Å². The molecule has 2 aromatic rings. The number of rotatable bonds is 8. The predicted octanol–water partition coefficient (Wildman–Crippen LogP) is 5.03. The molecule has 0 aromatic heterocycles. The number of nitrogens with zero attached hydrogens (tertiary/aromatic N) is 3. The van der Waals surface area contributed by atoms with Crippen molar-refractivity contribution in [3.8, 4) is 11.5 Å². The summed E-state index contributed by atoms with van der Waals surface area (Å²) in [7, 11) is 4.82. The van der Waals surface area contributed by atoms with Crippen LogP contribution in [0.5, 0.6) is 11.5 Å². The zero-order chi connectivity index (χ0) is 25.5. The Morgan fingerprint density at radius 2 is 1.50 bits per heavy atom. The summed E-state index contributed by atoms with van der Waals surface area (Å²) in [6.07, 6.45) is -0.563. The van der Waals surface area contributed by atoms with Crippen molar-refractivity contribution in [2.75, 3.05) is 27.7 Å². The number of carbonyl (C=O) groups excluding carboxylic acids is 2. The van der Waals surface area contributed by atoms with Gasteiger partial charge in [-0.1, -0.05) is 12.1 Å². The molecule has 1 unspecified atom stereocenters. The first-order chi connectivity index (χ1) is 15.9. The molecule has 1 atom stereocenters. The first-order valence-corrected chi connectivity index (χ1v) is 10.7. The number of benzene rings is 2. The van der Waals surface area contributed by atoms with Crippen LogP contribution < -0.4 is 9.47 Å². The minimum absolute atomic E-state index is 0.0232. The molecule has 0 aliphatic heterocycles. The van der Waals surface area contributed by atoms with Crippen molar-refractivity contribution in [3.05, 3.63) is 64.2 Å². The van der Waals surface area contributed by atoms with Crippen molar-refractivity contribution >= 4 is 17.9 Å². The standard InChI is InChI=1S/C24H31N3O7/c1-24(2,3)34-23(29)26(6)21(15-16-32-19-13-9-18(10-14-19)27(30)31)17-7-11-20(12-8-17)33-22(28)25(4)5/h7-14,21H,15-16H2,1-6H3. The molecule has 184 valence electrons. The molecule has 0 bridgehead atoms. The quantitative estimate of drug-likeness (QED) is 0.390. The highest BCUT2D eigenvalue weighted by Crippen LogP contribution is 2.28. The summed E-state index contributed by atoms with van der Waals surface area (Å²) in [6.45, 7) is 5.62. The molecule has 10 nitrogen and oxygen atoms in total. The van der Waals surface area contributed by atoms with Crippen LogP contribution in [0.25, 0.3) is 0 Å². The van der Waals surface area contributed by atoms with E-state index in [1.807, 2.05) is 0 Å². The van der Waals surface area contributed by atoms with Crippen molar-refractivity contribution in [3.63, 3.8) is 0 Å². The number of amides is 2. The smallest absolute Gasteiger partial charge is 0.414 e. The number of nitro groups is 1. The molecule has 34 heavy (non-hydrogen) atoms. The maximum absolute atomic E-state index is 12.7. The Morgan fingerprint density at radius 3 is 2.00 bits per heavy atom. The lowest BCUT2D eigenvalue weighted by molar-refractivity contribution is -0.384. The third-order valence-corrected chi connectivity index (χ3v) is 4.69. The third kappa shape index (κ3) is 7.95. The normalized spacial score (nSPS) is 11.8. The van der Waals surface area contributed by atoms with E-state index in [2.05, 4.69) is 0 Å². The number of nitro benzene ring substituents is 1. The second kappa shape index (κ2) is 11.4. The molecule has 2 rings (SSSR count). The van der Waals surface area contributed by atoms with Gasteiger partial charge in [0.2, 0.25) is 0 Å². The molecular weight excluding hydrogens is 442 g/mol. The molecule has 0 N–H and O–H groups in total. The Labute approximate surface area is 199 Å². The second-order valence-corrected chi connectivity index (χ2v) is 8.83. The Kier molecular flexibility index (Phi) is 8.83. The van der Waals surface area contributed by atoms with E-state index in [0.29, 0.717) is 17.9 Å². The summed E-state index contributed by atoms with van der Waals surface area (Å²) in [6, 6.07) is 12.3. The van der Waals surface area contributed by atoms with Gasteiger partial charge in [-0.05, 0) is 50.6 Å². The molecule has 10 heteroatoms. The van der Waals surface area contributed by atoms with Gasteiger partial charge in [0, 0.05) is 39.7 Å². The van der Waals surface area contributed by atoms with Crippen LogP contribution >= 0.6 is 0 Å². The monoisotopic (exact) mass is 473 g/mol. The molecule has 0 radical (unpaired) electrons. The van der Waals surface area contributed by atoms with E-state index in [1.54, 1.807) is 66.2 Å². The van der Waals surface area contributed by atoms with E-state index in [1.165, 1.54) is 34.1 Å². The molecule has 2 amide bonds. The van der Waals surface area contributed by atoms with Gasteiger partial charge in [-0.3, -0.25) is 10.1 Å². The fourth-order valence-electron chi connectivity index (χ4n) is 2.95. The number of carbonyl (C=O) groups is 2. The fourth-order valence-corrected chi connectivity index (χ4v) is 2.95. The largest absolute Gasteiger partial charge is 0.493 e. The third-order valence-electron chi connectivity index (χ3n) is 4.69. The highest BCUT2D eigenvalue weighted by atomic mass is 16.6. The van der Waals surface area contributed by atoms with E-state index in [9.17, 15) is 19.7 Å². The molecule has 0 spiro atoms. The lowest BCUT2D eigenvalue weighted by Crippen LogP contribution is -2.37. The summed E-state index contributed by atoms with van der Waals surface area (Å²) < 4.78 is 16.5. The maximum Gasteiger partial charge on any atom is 0.414 e. The van der Waals surface area contributed by atoms with Crippen molar-refractivity contribution in [1.82, 2.24) is 9.80 Å². The predicted molar refractivity (Wildman–Crippen MR) is 126 cm³/mol. The summed E-state index contributed by atoms with van der Waals surface area (Å²) in [5, 5.41) is 10.8. The average Bonchev–Trinajstić information content (AvgIpc) is 2.76. The van der Waals surface area contributed by atoms with Crippen LogP contribution in [0.15, 0.2) is 48.5 Å². The van der Waals surface area contributed by atoms with Crippen LogP contribution in [0.3, 0.4) is 0 Å². The number of non-ortho nitro benzene ring substituents is 1. The summed E-state index contributed by atoms with van der Waals surface area (Å²) in [5.41, 5.74) is 0.116. The van der Waals surface area contributed by atoms with E-state index in [-0.39, 0.29) is 12.3 Å². The van der Waals surface area contributed by atoms with E-state index in [4.69, 9.17) is 14.2 Å². The topological polar surface area (TPSA) is 111 Å². The van der Waals surface area contributed by atoms with Gasteiger partial charge in [0.25, 0.3) is 5.69 Å². The first kappa shape index (κ1) is 26.4. The van der Waals surface area contributed by atoms with Crippen LogP contribution in [-0.4, -0.2) is 60.3 Å². The highest BCUT2D eigenvalue weighted by Gasteiger charge is 2.27. The maximum atomic E-state index is 12.7. The summed E-state index contributed by atoms with van der Waals surface area (Å²) in [5.74, 6) is 0.860. The molecule has 2 aromatic carbocycles. The Hall–Kier alpha value is -3.82. The summed E-state index contributed by atoms with van der Waals surface area (Å²) >= 11 is 0. The molecular formula is C24H31N3O7. The van der Waals surface area contributed by atoms with Crippen LogP contribution in [-0.2, 0) is 4.74 Å². The molecule has 0 heterocycles. The number of hydrogen-bond acceptors (Lipinski definition) is 7. The number of hydrogen-bond donors (Lipinski definition) is 0. The van der Waals surface area contributed by atoms with E-state index < -0.39 is 28.8 Å². The molecule has 0 aliphatic carbocycles. The van der Waals surface area contributed by atoms with Gasteiger partial charge in [0.1, 0.15) is 17.1 Å². The lowest BCUT2D eigenvalue weighted by Gasteiger charge is -2.31. The second-order valence-electron chi connectivity index (χ2n) is 8.83. The minimum Gasteiger partial charge on any atom is -0.493 e. The zero-order valence-corrected chi connectivity index (χ0v) is 20.3. The van der Waals surface area contributed by atoms with Gasteiger partial charge in [0.15, 0.2) is 0 Å². The Balaban J connectivity index is 2.16. The average molecular weight is 474 g/mol. The molecule has 0 aliphatic rings. The zero-order valence-electron chi connectivity index (χ0n) is 20.3. The van der Waals surface area contributed by atoms with Gasteiger partial charge in [-0.25, -0.2) is 9.59 Å². The number of ether oxygens (including phenoxy) is 3. The van der Waals surface area contributed by atoms with Crippen molar-refractivity contribution in [2.24, 2.45) is 0 Å². The van der Waals surface area contributed by atoms with E-state index in [0.717, 1.165) is 5.56 Å². The Morgan fingerprint density at radius 1 is 0.941 bits per heavy atom. The fraction of sp³-hybridized carbons (Fsp3) is 0.417. The molecule has 0 saturated carbocycles. The van der Waals surface area contributed by atoms with Gasteiger partial charge in [-0.15, -0.1) is 0 Å². The lowest BCUT2D eigenvalue weighted by atomic mass is 10.0. The summed E-state index contributed by atoms with van der Waals surface area (Å²) in [4.78, 5) is 37.6. The molecule has 0 saturated heterocycles. The van der Waals surface area contributed by atoms with Crippen LogP contribution in [0, 0.1) is 10.1 Å².